The van der Waals surface area contributed by atoms with Crippen molar-refractivity contribution in [2.75, 3.05) is 11.5 Å². The second kappa shape index (κ2) is 8.76. The lowest BCUT2D eigenvalue weighted by Gasteiger charge is -2.37. The molecular weight excluding hydrogens is 494 g/mol. The molecule has 1 fully saturated rings. The van der Waals surface area contributed by atoms with Crippen LogP contribution >= 0.6 is 23.8 Å². The Morgan fingerprint density at radius 1 is 1.08 bits per heavy atom. The summed E-state index contributed by atoms with van der Waals surface area (Å²) < 4.78 is 5.08. The summed E-state index contributed by atoms with van der Waals surface area (Å²) in [4.78, 5) is 33.1. The van der Waals surface area contributed by atoms with Crippen molar-refractivity contribution < 1.29 is 14.3 Å². The van der Waals surface area contributed by atoms with Crippen LogP contribution in [0.1, 0.15) is 40.1 Å². The highest BCUT2D eigenvalue weighted by Crippen LogP contribution is 2.45. The summed E-state index contributed by atoms with van der Waals surface area (Å²) in [6.07, 6.45) is 0.541. The number of hydrogen-bond donors (Lipinski definition) is 1. The average molecular weight is 516 g/mol. The van der Waals surface area contributed by atoms with E-state index >= 15 is 0 Å². The summed E-state index contributed by atoms with van der Waals surface area (Å²) in [5.74, 6) is -0.483. The number of aromatic nitrogens is 1. The van der Waals surface area contributed by atoms with E-state index in [0.717, 1.165) is 27.7 Å². The van der Waals surface area contributed by atoms with Gasteiger partial charge in [0.05, 0.1) is 23.9 Å². The van der Waals surface area contributed by atoms with Gasteiger partial charge in [0.25, 0.3) is 5.91 Å². The molecule has 0 saturated carbocycles. The third-order valence-corrected chi connectivity index (χ3v) is 7.52. The average Bonchev–Trinajstić information content (AvgIpc) is 3.38. The smallest absolute Gasteiger partial charge is 0.338 e. The van der Waals surface area contributed by atoms with Gasteiger partial charge in [0.2, 0.25) is 0 Å². The lowest BCUT2D eigenvalue weighted by atomic mass is 9.89. The minimum absolute atomic E-state index is 0.0845. The van der Waals surface area contributed by atoms with Crippen LogP contribution in [-0.2, 0) is 16.0 Å². The minimum atomic E-state index is -0.449. The molecule has 36 heavy (non-hydrogen) atoms. The fourth-order valence-electron chi connectivity index (χ4n) is 5.26. The van der Waals surface area contributed by atoms with E-state index < -0.39 is 12.0 Å². The number of nitrogens with one attached hydrogen (secondary N) is 1. The molecule has 8 heteroatoms. The first-order valence-electron chi connectivity index (χ1n) is 11.8. The van der Waals surface area contributed by atoms with Crippen molar-refractivity contribution in [1.29, 1.82) is 0 Å². The van der Waals surface area contributed by atoms with E-state index in [-0.39, 0.29) is 11.9 Å². The van der Waals surface area contributed by atoms with Gasteiger partial charge in [0.1, 0.15) is 6.04 Å². The fraction of sp³-hybridized carbons (Fsp3) is 0.179. The highest BCUT2D eigenvalue weighted by Gasteiger charge is 2.51. The van der Waals surface area contributed by atoms with Crippen molar-refractivity contribution in [3.05, 3.63) is 100 Å². The zero-order valence-corrected chi connectivity index (χ0v) is 21.0. The maximum absolute atomic E-state index is 13.8. The summed E-state index contributed by atoms with van der Waals surface area (Å²) in [5, 5.41) is 2.19. The van der Waals surface area contributed by atoms with Crippen molar-refractivity contribution in [3.63, 3.8) is 0 Å². The number of aromatic amines is 1. The van der Waals surface area contributed by atoms with Crippen molar-refractivity contribution in [2.24, 2.45) is 0 Å². The number of rotatable bonds is 4. The fourth-order valence-corrected chi connectivity index (χ4v) is 5.82. The largest absolute Gasteiger partial charge is 0.462 e. The molecule has 2 aliphatic heterocycles. The van der Waals surface area contributed by atoms with Crippen molar-refractivity contribution in [1.82, 2.24) is 9.88 Å². The van der Waals surface area contributed by atoms with Crippen LogP contribution < -0.4 is 4.90 Å². The van der Waals surface area contributed by atoms with Gasteiger partial charge in [-0.15, -0.1) is 0 Å². The quantitative estimate of drug-likeness (QED) is 0.281. The van der Waals surface area contributed by atoms with E-state index in [1.54, 1.807) is 36.1 Å². The van der Waals surface area contributed by atoms with E-state index in [0.29, 0.717) is 34.4 Å². The number of fused-ring (bicyclic) bond motifs is 4. The maximum atomic E-state index is 13.8. The van der Waals surface area contributed by atoms with Gasteiger partial charge in [-0.25, -0.2) is 4.79 Å². The number of carbonyl (C=O) groups is 2. The standard InChI is InChI=1S/C28H22ClN3O3S/c1-2-35-27(34)17-9-13-19(14-10-17)31-26(33)23-15-21-20-5-3-4-6-22(20)30-24(21)25(32(23)28(31)36)16-7-11-18(29)12-8-16/h3-14,23,25,30H,2,15H2,1H3/t23-,25-/m0/s1. The predicted molar refractivity (Wildman–Crippen MR) is 143 cm³/mol. The van der Waals surface area contributed by atoms with E-state index in [4.69, 9.17) is 28.6 Å². The topological polar surface area (TPSA) is 65.6 Å². The molecule has 1 saturated heterocycles. The number of esters is 1. The lowest BCUT2D eigenvalue weighted by Crippen LogP contribution is -2.44. The van der Waals surface area contributed by atoms with Crippen LogP contribution in [0.5, 0.6) is 0 Å². The maximum Gasteiger partial charge on any atom is 0.338 e. The molecule has 180 valence electrons. The van der Waals surface area contributed by atoms with Crippen molar-refractivity contribution in [2.45, 2.75) is 25.4 Å². The predicted octanol–water partition coefficient (Wildman–Crippen LogP) is 5.65. The minimum Gasteiger partial charge on any atom is -0.462 e. The molecule has 0 spiro atoms. The molecule has 6 nitrogen and oxygen atoms in total. The number of carbonyl (C=O) groups excluding carboxylic acids is 2. The number of H-pyrrole nitrogens is 1. The zero-order chi connectivity index (χ0) is 25.0. The van der Waals surface area contributed by atoms with Crippen LogP contribution in [0.25, 0.3) is 10.9 Å². The Balaban J connectivity index is 1.44. The lowest BCUT2D eigenvalue weighted by molar-refractivity contribution is -0.120. The first-order valence-corrected chi connectivity index (χ1v) is 12.5. The Labute approximate surface area is 218 Å². The number of benzene rings is 3. The molecule has 0 bridgehead atoms. The molecule has 2 atom stereocenters. The SMILES string of the molecule is CCOC(=O)c1ccc(N2C(=O)[C@@H]3Cc4c([nH]c5ccccc45)[C@H](c4ccc(Cl)cc4)N3C2=S)cc1. The van der Waals surface area contributed by atoms with Gasteiger partial charge in [0, 0.05) is 28.0 Å². The third-order valence-electron chi connectivity index (χ3n) is 6.87. The Morgan fingerprint density at radius 2 is 1.81 bits per heavy atom. The number of hydrogen-bond acceptors (Lipinski definition) is 4. The van der Waals surface area contributed by atoms with Gasteiger partial charge in [0.15, 0.2) is 5.11 Å². The van der Waals surface area contributed by atoms with Crippen LogP contribution in [0.3, 0.4) is 0 Å². The number of halogens is 1. The van der Waals surface area contributed by atoms with E-state index in [1.807, 2.05) is 41.3 Å². The molecule has 1 amide bonds. The van der Waals surface area contributed by atoms with Crippen LogP contribution in [0.2, 0.25) is 5.02 Å². The Morgan fingerprint density at radius 3 is 2.53 bits per heavy atom. The molecule has 1 N–H and O–H groups in total. The molecule has 2 aliphatic rings. The summed E-state index contributed by atoms with van der Waals surface area (Å²) >= 11 is 12.1. The molecule has 0 aliphatic carbocycles. The van der Waals surface area contributed by atoms with E-state index in [1.165, 1.54) is 0 Å². The first kappa shape index (κ1) is 22.8. The Hall–Kier alpha value is -3.68. The first-order chi connectivity index (χ1) is 17.5. The monoisotopic (exact) mass is 515 g/mol. The zero-order valence-electron chi connectivity index (χ0n) is 19.4. The van der Waals surface area contributed by atoms with Crippen LogP contribution in [0, 0.1) is 0 Å². The normalized spacial score (nSPS) is 18.9. The number of para-hydroxylation sites is 1. The second-order valence-corrected chi connectivity index (χ2v) is 9.67. The van der Waals surface area contributed by atoms with Crippen molar-refractivity contribution >= 4 is 57.4 Å². The Bertz CT molecular complexity index is 1510. The molecule has 6 rings (SSSR count). The number of nitrogens with zero attached hydrogens (tertiary/aromatic N) is 2. The number of ether oxygens (including phenoxy) is 1. The van der Waals surface area contributed by atoms with Crippen LogP contribution in [0.4, 0.5) is 5.69 Å². The van der Waals surface area contributed by atoms with Crippen LogP contribution in [-0.4, -0.2) is 39.5 Å². The summed E-state index contributed by atoms with van der Waals surface area (Å²) in [7, 11) is 0. The van der Waals surface area contributed by atoms with Crippen LogP contribution in [0.15, 0.2) is 72.8 Å². The van der Waals surface area contributed by atoms with Gasteiger partial charge < -0.3 is 14.6 Å². The molecule has 0 unspecified atom stereocenters. The molecule has 3 aromatic carbocycles. The van der Waals surface area contributed by atoms with Gasteiger partial charge in [-0.2, -0.15) is 0 Å². The molecule has 1 aromatic heterocycles. The highest BCUT2D eigenvalue weighted by atomic mass is 35.5. The van der Waals surface area contributed by atoms with Gasteiger partial charge >= 0.3 is 5.97 Å². The Kier molecular flexibility index (Phi) is 5.54. The summed E-state index contributed by atoms with van der Waals surface area (Å²) in [6.45, 7) is 2.06. The van der Waals surface area contributed by atoms with Gasteiger partial charge in [-0.1, -0.05) is 41.9 Å². The van der Waals surface area contributed by atoms with E-state index in [9.17, 15) is 9.59 Å². The van der Waals surface area contributed by atoms with E-state index in [2.05, 4.69) is 17.1 Å². The summed E-state index contributed by atoms with van der Waals surface area (Å²) in [6, 6.07) is 21.9. The molecule has 3 heterocycles. The van der Waals surface area contributed by atoms with Gasteiger partial charge in [-0.3, -0.25) is 9.69 Å². The number of anilines is 1. The van der Waals surface area contributed by atoms with Crippen molar-refractivity contribution in [3.8, 4) is 0 Å². The van der Waals surface area contributed by atoms with Gasteiger partial charge in [-0.05, 0) is 72.7 Å². The summed E-state index contributed by atoms with van der Waals surface area (Å²) in [5.41, 5.74) is 5.23. The number of thiocarbonyl (C=S) groups is 1. The number of amides is 1. The molecule has 4 aromatic rings. The third kappa shape index (κ3) is 3.50. The second-order valence-electron chi connectivity index (χ2n) is 8.87. The molecular formula is C28H22ClN3O3S. The molecule has 0 radical (unpaired) electrons. The highest BCUT2D eigenvalue weighted by molar-refractivity contribution is 7.80.